The first-order valence-corrected chi connectivity index (χ1v) is 16.6. The van der Waals surface area contributed by atoms with Crippen molar-refractivity contribution in [2.45, 2.75) is 63.9 Å². The molecule has 0 spiro atoms. The summed E-state index contributed by atoms with van der Waals surface area (Å²) in [6.45, 7) is 0.583. The van der Waals surface area contributed by atoms with E-state index in [1.807, 2.05) is 121 Å². The minimum Gasteiger partial charge on any atom is -0.490 e. The van der Waals surface area contributed by atoms with Crippen LogP contribution in [0.5, 0.6) is 5.75 Å². The standard InChI is InChI=1S/C24H22O3.C18H18O3/c25-24(26-17-18-7-3-1-4-8-18)21-12-11-20-16-23(14-13-19(20)15-21)27-22-9-5-2-6-10-22;19-17-9-8-14-10-16(7-6-15(14)11-17)18(20)21-12-13-4-2-1-3-5-13/h1-12,15,23H,13-14,16-17H2;1-7,10,17,19H,8-9,11-12H2. The third kappa shape index (κ3) is 8.99. The van der Waals surface area contributed by atoms with Gasteiger partial charge in [0.25, 0.3) is 0 Å². The first-order valence-electron chi connectivity index (χ1n) is 16.6. The number of para-hydroxylation sites is 1. The van der Waals surface area contributed by atoms with Crippen LogP contribution in [0, 0.1) is 0 Å². The Morgan fingerprint density at radius 2 is 1.04 bits per heavy atom. The Kier molecular flexibility index (Phi) is 11.0. The lowest BCUT2D eigenvalue weighted by Crippen LogP contribution is -2.25. The number of hydrogen-bond donors (Lipinski definition) is 1. The molecule has 0 heterocycles. The van der Waals surface area contributed by atoms with Crippen molar-refractivity contribution >= 4 is 11.9 Å². The van der Waals surface area contributed by atoms with E-state index in [9.17, 15) is 14.7 Å². The van der Waals surface area contributed by atoms with E-state index < -0.39 is 0 Å². The summed E-state index contributed by atoms with van der Waals surface area (Å²) >= 11 is 0. The lowest BCUT2D eigenvalue weighted by atomic mass is 9.88. The highest BCUT2D eigenvalue weighted by atomic mass is 16.5. The number of rotatable bonds is 8. The minimum atomic E-state index is -0.298. The molecule has 0 saturated heterocycles. The molecule has 0 aliphatic heterocycles. The van der Waals surface area contributed by atoms with Crippen molar-refractivity contribution in [3.8, 4) is 5.75 Å². The van der Waals surface area contributed by atoms with Gasteiger partial charge in [-0.3, -0.25) is 0 Å². The molecule has 6 heteroatoms. The Hall–Kier alpha value is -5.20. The van der Waals surface area contributed by atoms with Gasteiger partial charge in [-0.15, -0.1) is 0 Å². The first-order chi connectivity index (χ1) is 23.5. The van der Waals surface area contributed by atoms with E-state index in [0.29, 0.717) is 24.2 Å². The van der Waals surface area contributed by atoms with Gasteiger partial charge in [-0.05, 0) is 102 Å². The summed E-state index contributed by atoms with van der Waals surface area (Å²) in [4.78, 5) is 24.5. The summed E-state index contributed by atoms with van der Waals surface area (Å²) in [5.41, 5.74) is 7.92. The largest absolute Gasteiger partial charge is 0.490 e. The highest BCUT2D eigenvalue weighted by Gasteiger charge is 2.22. The molecule has 244 valence electrons. The van der Waals surface area contributed by atoms with Crippen LogP contribution in [-0.4, -0.2) is 29.3 Å². The van der Waals surface area contributed by atoms with E-state index in [1.54, 1.807) is 6.07 Å². The van der Waals surface area contributed by atoms with Crippen molar-refractivity contribution in [3.63, 3.8) is 0 Å². The van der Waals surface area contributed by atoms with Gasteiger partial charge in [0.2, 0.25) is 0 Å². The molecule has 48 heavy (non-hydrogen) atoms. The Balaban J connectivity index is 0.000000173. The molecule has 1 N–H and O–H groups in total. The topological polar surface area (TPSA) is 82.1 Å². The summed E-state index contributed by atoms with van der Waals surface area (Å²) in [7, 11) is 0. The first kappa shape index (κ1) is 32.7. The Labute approximate surface area is 281 Å². The van der Waals surface area contributed by atoms with Gasteiger partial charge in [0.15, 0.2) is 0 Å². The van der Waals surface area contributed by atoms with Crippen LogP contribution in [0.25, 0.3) is 0 Å². The SMILES string of the molecule is O=C(OCc1ccccc1)c1ccc2c(c1)CCC(O)C2.O=C(OCc1ccccc1)c1ccc2c(c1)CCC(Oc1ccccc1)C2. The predicted molar refractivity (Wildman–Crippen MR) is 185 cm³/mol. The number of carbonyl (C=O) groups is 2. The lowest BCUT2D eigenvalue weighted by molar-refractivity contribution is 0.0463. The van der Waals surface area contributed by atoms with Crippen molar-refractivity contribution in [1.82, 2.24) is 0 Å². The van der Waals surface area contributed by atoms with E-state index in [-0.39, 0.29) is 30.8 Å². The van der Waals surface area contributed by atoms with Gasteiger partial charge in [0.05, 0.1) is 17.2 Å². The van der Waals surface area contributed by atoms with E-state index in [1.165, 1.54) is 11.1 Å². The fraction of sp³-hybridized carbons (Fsp3) is 0.238. The maximum atomic E-state index is 12.4. The van der Waals surface area contributed by atoms with Gasteiger partial charge >= 0.3 is 11.9 Å². The van der Waals surface area contributed by atoms with E-state index >= 15 is 0 Å². The summed E-state index contributed by atoms with van der Waals surface area (Å²) in [5.74, 6) is 0.337. The molecule has 2 aliphatic rings. The molecule has 2 aliphatic carbocycles. The van der Waals surface area contributed by atoms with Crippen LogP contribution in [0.15, 0.2) is 127 Å². The third-order valence-electron chi connectivity index (χ3n) is 8.74. The number of aliphatic hydroxyl groups excluding tert-OH is 1. The summed E-state index contributed by atoms with van der Waals surface area (Å²) in [6.07, 6.45) is 4.89. The number of benzene rings is 5. The van der Waals surface area contributed by atoms with Crippen LogP contribution < -0.4 is 4.74 Å². The number of aryl methyl sites for hydroxylation is 2. The van der Waals surface area contributed by atoms with E-state index in [2.05, 4.69) is 0 Å². The maximum absolute atomic E-state index is 12.4. The summed E-state index contributed by atoms with van der Waals surface area (Å²) in [6, 6.07) is 40.8. The lowest BCUT2D eigenvalue weighted by Gasteiger charge is -2.26. The van der Waals surface area contributed by atoms with Crippen LogP contribution in [0.1, 0.15) is 66.9 Å². The number of ether oxygens (including phenoxy) is 3. The van der Waals surface area contributed by atoms with Gasteiger partial charge < -0.3 is 19.3 Å². The molecule has 6 nitrogen and oxygen atoms in total. The molecular formula is C42H40O6. The van der Waals surface area contributed by atoms with Gasteiger partial charge in [0.1, 0.15) is 25.1 Å². The molecule has 0 bridgehead atoms. The van der Waals surface area contributed by atoms with E-state index in [0.717, 1.165) is 60.1 Å². The van der Waals surface area contributed by atoms with Gasteiger partial charge in [-0.2, -0.15) is 0 Å². The fourth-order valence-corrected chi connectivity index (χ4v) is 6.12. The predicted octanol–water partition coefficient (Wildman–Crippen LogP) is 7.87. The molecule has 0 aromatic heterocycles. The van der Waals surface area contributed by atoms with Crippen LogP contribution in [0.3, 0.4) is 0 Å². The molecular weight excluding hydrogens is 600 g/mol. The number of fused-ring (bicyclic) bond motifs is 2. The molecule has 5 aromatic carbocycles. The fourth-order valence-electron chi connectivity index (χ4n) is 6.12. The zero-order valence-corrected chi connectivity index (χ0v) is 26.9. The Morgan fingerprint density at radius 3 is 1.58 bits per heavy atom. The average Bonchev–Trinajstić information content (AvgIpc) is 3.14. The molecule has 0 radical (unpaired) electrons. The molecule has 5 aromatic rings. The zero-order chi connectivity index (χ0) is 33.1. The number of carbonyl (C=O) groups excluding carboxylic acids is 2. The third-order valence-corrected chi connectivity index (χ3v) is 8.74. The quantitative estimate of drug-likeness (QED) is 0.174. The normalized spacial score (nSPS) is 16.3. The highest BCUT2D eigenvalue weighted by molar-refractivity contribution is 5.90. The summed E-state index contributed by atoms with van der Waals surface area (Å²) in [5, 5.41) is 9.65. The number of hydrogen-bond acceptors (Lipinski definition) is 6. The van der Waals surface area contributed by atoms with Crippen LogP contribution in [0.4, 0.5) is 0 Å². The Bertz CT molecular complexity index is 1800. The molecule has 7 rings (SSSR count). The van der Waals surface area contributed by atoms with Crippen molar-refractivity contribution in [3.05, 3.63) is 172 Å². The van der Waals surface area contributed by atoms with Gasteiger partial charge in [-0.25, -0.2) is 9.59 Å². The number of aliphatic hydroxyl groups is 1. The second kappa shape index (κ2) is 16.1. The van der Waals surface area contributed by atoms with Crippen LogP contribution in [0.2, 0.25) is 0 Å². The van der Waals surface area contributed by atoms with Crippen molar-refractivity contribution in [1.29, 1.82) is 0 Å². The summed E-state index contributed by atoms with van der Waals surface area (Å²) < 4.78 is 16.9. The molecule has 0 amide bonds. The molecule has 0 saturated carbocycles. The highest BCUT2D eigenvalue weighted by Crippen LogP contribution is 2.27. The maximum Gasteiger partial charge on any atom is 0.338 e. The monoisotopic (exact) mass is 640 g/mol. The van der Waals surface area contributed by atoms with Crippen molar-refractivity contribution < 1.29 is 28.9 Å². The molecule has 2 unspecified atom stereocenters. The molecule has 2 atom stereocenters. The van der Waals surface area contributed by atoms with Gasteiger partial charge in [-0.1, -0.05) is 91.0 Å². The van der Waals surface area contributed by atoms with Crippen molar-refractivity contribution in [2.24, 2.45) is 0 Å². The minimum absolute atomic E-state index is 0.177. The van der Waals surface area contributed by atoms with Crippen LogP contribution in [-0.2, 0) is 48.4 Å². The molecule has 0 fully saturated rings. The van der Waals surface area contributed by atoms with Crippen molar-refractivity contribution in [2.75, 3.05) is 0 Å². The van der Waals surface area contributed by atoms with Crippen LogP contribution >= 0.6 is 0 Å². The second-order valence-corrected chi connectivity index (χ2v) is 12.3. The number of esters is 2. The average molecular weight is 641 g/mol. The zero-order valence-electron chi connectivity index (χ0n) is 26.9. The Morgan fingerprint density at radius 1 is 0.562 bits per heavy atom. The second-order valence-electron chi connectivity index (χ2n) is 12.3. The smallest absolute Gasteiger partial charge is 0.338 e. The van der Waals surface area contributed by atoms with Gasteiger partial charge in [0, 0.05) is 6.42 Å². The van der Waals surface area contributed by atoms with E-state index in [4.69, 9.17) is 14.2 Å².